The van der Waals surface area contributed by atoms with Gasteiger partial charge in [-0.05, 0) is 12.8 Å². The predicted molar refractivity (Wildman–Crippen MR) is 41.4 cm³/mol. The Kier molecular flexibility index (Phi) is 2.42. The molecule has 0 bridgehead atoms. The smallest absolute Gasteiger partial charge is 0.407 e. The van der Waals surface area contributed by atoms with Gasteiger partial charge in [0.25, 0.3) is 0 Å². The van der Waals surface area contributed by atoms with Crippen LogP contribution in [0.1, 0.15) is 12.8 Å². The predicted octanol–water partition coefficient (Wildman–Crippen LogP) is -0.424. The van der Waals surface area contributed by atoms with E-state index in [0.717, 1.165) is 4.90 Å². The van der Waals surface area contributed by atoms with E-state index in [9.17, 15) is 14.7 Å². The van der Waals surface area contributed by atoms with Gasteiger partial charge in [-0.2, -0.15) is 0 Å². The number of likely N-dealkylation sites (tertiary alicyclic amines) is 1. The Morgan fingerprint density at radius 3 is 2.38 bits per heavy atom. The van der Waals surface area contributed by atoms with E-state index < -0.39 is 17.7 Å². The Morgan fingerprint density at radius 2 is 1.92 bits per heavy atom. The van der Waals surface area contributed by atoms with Crippen molar-refractivity contribution in [2.75, 3.05) is 13.1 Å². The van der Waals surface area contributed by atoms with Crippen molar-refractivity contribution in [3.63, 3.8) is 0 Å². The molecule has 1 unspecified atom stereocenters. The van der Waals surface area contributed by atoms with Crippen LogP contribution in [0.25, 0.3) is 0 Å². The topological polar surface area (TPSA) is 98.1 Å². The lowest BCUT2D eigenvalue weighted by Gasteiger charge is -2.34. The zero-order valence-corrected chi connectivity index (χ0v) is 6.93. The molecule has 6 heteroatoms. The third-order valence-electron chi connectivity index (χ3n) is 2.14. The van der Waals surface area contributed by atoms with Crippen molar-refractivity contribution in [3.05, 3.63) is 0 Å². The van der Waals surface area contributed by atoms with E-state index in [1.165, 1.54) is 0 Å². The van der Waals surface area contributed by atoms with Crippen LogP contribution in [0.15, 0.2) is 0 Å². The number of carbonyl (C=O) groups is 2. The highest BCUT2D eigenvalue weighted by Gasteiger charge is 2.41. The largest absolute Gasteiger partial charge is 0.479 e. The second-order valence-corrected chi connectivity index (χ2v) is 3.14. The van der Waals surface area contributed by atoms with Gasteiger partial charge in [-0.3, -0.25) is 0 Å². The number of amides is 1. The zero-order chi connectivity index (χ0) is 10.1. The molecule has 1 heterocycles. The van der Waals surface area contributed by atoms with Crippen LogP contribution in [0.4, 0.5) is 4.79 Å². The molecule has 0 spiro atoms. The minimum atomic E-state index is -1.91. The van der Waals surface area contributed by atoms with Crippen molar-refractivity contribution < 1.29 is 24.9 Å². The van der Waals surface area contributed by atoms with Crippen LogP contribution >= 0.6 is 0 Å². The summed E-state index contributed by atoms with van der Waals surface area (Å²) in [6.45, 7) is -0.0669. The molecule has 1 aliphatic rings. The third kappa shape index (κ3) is 1.89. The summed E-state index contributed by atoms with van der Waals surface area (Å²) < 4.78 is 0. The van der Waals surface area contributed by atoms with Crippen LogP contribution in [-0.4, -0.2) is 51.0 Å². The van der Waals surface area contributed by atoms with Gasteiger partial charge in [-0.15, -0.1) is 0 Å². The average molecular weight is 189 g/mol. The SMILES string of the molecule is O=C(O)N1CCCC(O)(C(=O)O)C1. The van der Waals surface area contributed by atoms with Gasteiger partial charge >= 0.3 is 12.1 Å². The number of hydrogen-bond acceptors (Lipinski definition) is 3. The molecule has 1 aliphatic heterocycles. The summed E-state index contributed by atoms with van der Waals surface area (Å²) in [6, 6.07) is 0. The maximum atomic E-state index is 10.6. The van der Waals surface area contributed by atoms with Crippen LogP contribution < -0.4 is 0 Å². The van der Waals surface area contributed by atoms with Gasteiger partial charge in [-0.1, -0.05) is 0 Å². The van der Waals surface area contributed by atoms with Crippen LogP contribution in [0.2, 0.25) is 0 Å². The Balaban J connectivity index is 2.71. The van der Waals surface area contributed by atoms with Crippen molar-refractivity contribution in [3.8, 4) is 0 Å². The average Bonchev–Trinajstić information content (AvgIpc) is 2.04. The first-order chi connectivity index (χ1) is 5.96. The first kappa shape index (κ1) is 9.79. The number of hydrogen-bond donors (Lipinski definition) is 3. The van der Waals surface area contributed by atoms with E-state index in [1.54, 1.807) is 0 Å². The molecule has 0 aromatic heterocycles. The molecule has 0 aromatic carbocycles. The maximum absolute atomic E-state index is 10.6. The molecule has 13 heavy (non-hydrogen) atoms. The quantitative estimate of drug-likeness (QED) is 0.520. The fourth-order valence-electron chi connectivity index (χ4n) is 1.37. The molecule has 6 nitrogen and oxygen atoms in total. The van der Waals surface area contributed by atoms with E-state index in [0.29, 0.717) is 6.42 Å². The molecule has 1 fully saturated rings. The Bertz CT molecular complexity index is 241. The molecule has 1 saturated heterocycles. The molecule has 0 saturated carbocycles. The second-order valence-electron chi connectivity index (χ2n) is 3.14. The number of nitrogens with zero attached hydrogens (tertiary/aromatic N) is 1. The molecule has 0 radical (unpaired) electrons. The fraction of sp³-hybridized carbons (Fsp3) is 0.714. The van der Waals surface area contributed by atoms with Gasteiger partial charge in [0.05, 0.1) is 6.54 Å². The first-order valence-corrected chi connectivity index (χ1v) is 3.89. The van der Waals surface area contributed by atoms with Crippen LogP contribution in [0, 0.1) is 0 Å². The summed E-state index contributed by atoms with van der Waals surface area (Å²) in [5, 5.41) is 26.7. The van der Waals surface area contributed by atoms with E-state index in [4.69, 9.17) is 10.2 Å². The molecule has 1 amide bonds. The molecular formula is C7H11NO5. The van der Waals surface area contributed by atoms with Crippen molar-refractivity contribution >= 4 is 12.1 Å². The Hall–Kier alpha value is -1.30. The van der Waals surface area contributed by atoms with Crippen LogP contribution in [0.5, 0.6) is 0 Å². The van der Waals surface area contributed by atoms with Crippen molar-refractivity contribution in [1.29, 1.82) is 0 Å². The zero-order valence-electron chi connectivity index (χ0n) is 6.93. The molecule has 74 valence electrons. The number of aliphatic carboxylic acids is 1. The summed E-state index contributed by atoms with van der Waals surface area (Å²) in [5.74, 6) is -1.36. The van der Waals surface area contributed by atoms with Gasteiger partial charge < -0.3 is 20.2 Å². The molecule has 1 atom stereocenters. The highest BCUT2D eigenvalue weighted by Crippen LogP contribution is 2.21. The van der Waals surface area contributed by atoms with Gasteiger partial charge in [0.15, 0.2) is 5.60 Å². The lowest BCUT2D eigenvalue weighted by Crippen LogP contribution is -2.54. The summed E-state index contributed by atoms with van der Waals surface area (Å²) in [4.78, 5) is 22.0. The summed E-state index contributed by atoms with van der Waals surface area (Å²) >= 11 is 0. The lowest BCUT2D eigenvalue weighted by molar-refractivity contribution is -0.163. The standard InChI is InChI=1S/C7H11NO5/c9-5(10)7(13)2-1-3-8(4-7)6(11)12/h13H,1-4H2,(H,9,10)(H,11,12). The minimum absolute atomic E-state index is 0.103. The van der Waals surface area contributed by atoms with Gasteiger partial charge in [0.2, 0.25) is 0 Å². The number of rotatable bonds is 1. The van der Waals surface area contributed by atoms with E-state index in [2.05, 4.69) is 0 Å². The van der Waals surface area contributed by atoms with E-state index in [1.807, 2.05) is 0 Å². The highest BCUT2D eigenvalue weighted by atomic mass is 16.4. The third-order valence-corrected chi connectivity index (χ3v) is 2.14. The highest BCUT2D eigenvalue weighted by molar-refractivity contribution is 5.78. The van der Waals surface area contributed by atoms with Crippen molar-refractivity contribution in [1.82, 2.24) is 4.90 Å². The van der Waals surface area contributed by atoms with Gasteiger partial charge in [0.1, 0.15) is 0 Å². The molecule has 3 N–H and O–H groups in total. The maximum Gasteiger partial charge on any atom is 0.407 e. The van der Waals surface area contributed by atoms with Crippen molar-refractivity contribution in [2.24, 2.45) is 0 Å². The van der Waals surface area contributed by atoms with E-state index >= 15 is 0 Å². The summed E-state index contributed by atoms with van der Waals surface area (Å²) in [6.07, 6.45) is -0.722. The minimum Gasteiger partial charge on any atom is -0.479 e. The lowest BCUT2D eigenvalue weighted by atomic mass is 9.93. The van der Waals surface area contributed by atoms with Gasteiger partial charge in [0, 0.05) is 6.54 Å². The van der Waals surface area contributed by atoms with Crippen LogP contribution in [-0.2, 0) is 4.79 Å². The number of β-amino-alcohol motifs (C(OH)–C–C–N with tert-alkyl or cyclic N) is 1. The Labute approximate surface area is 74.4 Å². The van der Waals surface area contributed by atoms with E-state index in [-0.39, 0.29) is 19.5 Å². The molecule has 1 rings (SSSR count). The number of piperidine rings is 1. The number of aliphatic hydroxyl groups is 1. The monoisotopic (exact) mass is 189 g/mol. The van der Waals surface area contributed by atoms with Crippen LogP contribution in [0.3, 0.4) is 0 Å². The first-order valence-electron chi connectivity index (χ1n) is 3.89. The molecule has 0 aromatic rings. The molecular weight excluding hydrogens is 178 g/mol. The normalized spacial score (nSPS) is 28.5. The number of carboxylic acids is 1. The Morgan fingerprint density at radius 1 is 1.31 bits per heavy atom. The summed E-state index contributed by atoms with van der Waals surface area (Å²) in [5.41, 5.74) is -1.91. The fourth-order valence-corrected chi connectivity index (χ4v) is 1.37. The summed E-state index contributed by atoms with van der Waals surface area (Å²) in [7, 11) is 0. The van der Waals surface area contributed by atoms with Gasteiger partial charge in [-0.25, -0.2) is 9.59 Å². The number of carboxylic acid groups (broad SMARTS) is 2. The second kappa shape index (κ2) is 3.21. The molecule has 0 aliphatic carbocycles. The van der Waals surface area contributed by atoms with Crippen molar-refractivity contribution in [2.45, 2.75) is 18.4 Å².